The number of non-ortho nitro benzene ring substituents is 1. The number of carbonyl (C=O) groups is 2. The summed E-state index contributed by atoms with van der Waals surface area (Å²) in [6.45, 7) is 13.9. The number of ether oxygens (including phenoxy) is 4. The lowest BCUT2D eigenvalue weighted by molar-refractivity contribution is -0.384. The van der Waals surface area contributed by atoms with Gasteiger partial charge in [-0.1, -0.05) is 13.2 Å². The topological polar surface area (TPSA) is 167 Å². The van der Waals surface area contributed by atoms with Crippen molar-refractivity contribution in [3.8, 4) is 11.5 Å². The molecule has 14 heteroatoms. The summed E-state index contributed by atoms with van der Waals surface area (Å²) in [6.07, 6.45) is 2.18. The van der Waals surface area contributed by atoms with Gasteiger partial charge in [0, 0.05) is 42.1 Å². The third-order valence-electron chi connectivity index (χ3n) is 6.33. The number of nitro groups is 1. The molecule has 47 heavy (non-hydrogen) atoms. The molecule has 0 aliphatic heterocycles. The number of rotatable bonds is 18. The molecule has 0 aliphatic carbocycles. The Hall–Kier alpha value is -5.92. The second-order valence-electron chi connectivity index (χ2n) is 9.53. The molecular weight excluding hydrogens is 608 g/mol. The van der Waals surface area contributed by atoms with Crippen LogP contribution in [0.15, 0.2) is 100 Å². The molecule has 0 radical (unpaired) electrons. The van der Waals surface area contributed by atoms with Crippen LogP contribution in [0.3, 0.4) is 0 Å². The van der Waals surface area contributed by atoms with E-state index >= 15 is 0 Å². The third kappa shape index (κ3) is 10.9. The first kappa shape index (κ1) is 35.6. The van der Waals surface area contributed by atoms with Gasteiger partial charge >= 0.3 is 11.9 Å². The van der Waals surface area contributed by atoms with E-state index in [2.05, 4.69) is 33.6 Å². The number of nitro benzene ring substituents is 1. The maximum absolute atomic E-state index is 11.5. The summed E-state index contributed by atoms with van der Waals surface area (Å²) < 4.78 is 21.9. The molecule has 0 saturated heterocycles. The van der Waals surface area contributed by atoms with Gasteiger partial charge in [-0.2, -0.15) is 10.2 Å². The molecule has 0 aliphatic rings. The van der Waals surface area contributed by atoms with Crippen molar-refractivity contribution in [1.82, 2.24) is 0 Å². The molecule has 14 nitrogen and oxygen atoms in total. The van der Waals surface area contributed by atoms with Gasteiger partial charge in [0.15, 0.2) is 0 Å². The number of hydrogen-bond donors (Lipinski definition) is 0. The van der Waals surface area contributed by atoms with Crippen molar-refractivity contribution < 1.29 is 33.5 Å². The van der Waals surface area contributed by atoms with Crippen LogP contribution in [-0.2, 0) is 19.1 Å². The van der Waals surface area contributed by atoms with Gasteiger partial charge in [0.1, 0.15) is 36.1 Å². The van der Waals surface area contributed by atoms with Gasteiger partial charge in [-0.25, -0.2) is 9.59 Å². The van der Waals surface area contributed by atoms with Crippen LogP contribution in [0.5, 0.6) is 11.5 Å². The number of carbonyl (C=O) groups excluding carboxylic acids is 2. The number of benzene rings is 3. The lowest BCUT2D eigenvalue weighted by atomic mass is 10.1. The van der Waals surface area contributed by atoms with Crippen LogP contribution in [0.25, 0.3) is 0 Å². The first-order valence-electron chi connectivity index (χ1n) is 14.6. The van der Waals surface area contributed by atoms with Crippen LogP contribution in [-0.4, -0.2) is 56.4 Å². The molecule has 0 unspecified atom stereocenters. The zero-order valence-electron chi connectivity index (χ0n) is 26.5. The van der Waals surface area contributed by atoms with E-state index in [1.165, 1.54) is 24.3 Å². The zero-order valence-corrected chi connectivity index (χ0v) is 26.5. The summed E-state index contributed by atoms with van der Waals surface area (Å²) in [6, 6.07) is 14.5. The van der Waals surface area contributed by atoms with Crippen molar-refractivity contribution in [3.63, 3.8) is 0 Å². The molecule has 0 atom stereocenters. The van der Waals surface area contributed by atoms with Crippen LogP contribution < -0.4 is 14.4 Å². The normalized spacial score (nSPS) is 10.9. The fraction of sp³-hybridized carbons (Fsp3) is 0.273. The SMILES string of the molecule is C=CC(=O)OCCN(CCOC(=O)C=C)c1ccc(/N=N/c2cc(OCC)c(/N=N/c3ccc([N+](=O)[O-])cc3)cc2OCC)c(C)c1. The number of azo groups is 2. The molecule has 0 fully saturated rings. The molecular formula is C33H36N6O8. The van der Waals surface area contributed by atoms with Gasteiger partial charge in [-0.3, -0.25) is 10.1 Å². The minimum Gasteiger partial charge on any atom is -0.491 e. The fourth-order valence-electron chi connectivity index (χ4n) is 4.05. The monoisotopic (exact) mass is 644 g/mol. The molecule has 0 saturated carbocycles. The molecule has 3 aromatic rings. The average Bonchev–Trinajstić information content (AvgIpc) is 3.07. The van der Waals surface area contributed by atoms with Crippen molar-refractivity contribution in [3.05, 3.63) is 95.6 Å². The Kier molecular flexibility index (Phi) is 13.7. The van der Waals surface area contributed by atoms with E-state index in [9.17, 15) is 19.7 Å². The number of aryl methyl sites for hydroxylation is 1. The standard InChI is InChI=1S/C33H36N6O8/c1-6-32(40)46-18-16-38(17-19-47-33(41)7-2)26-14-15-27(23(5)20-26)35-37-29-22-30(44-8-3)28(21-31(29)45-9-4)36-34-24-10-12-25(13-11-24)39(42)43/h6-7,10-15,20-22H,1-2,8-9,16-19H2,3-5H3/b36-34+,37-35+. The van der Waals surface area contributed by atoms with E-state index in [4.69, 9.17) is 18.9 Å². The van der Waals surface area contributed by atoms with E-state index in [0.717, 1.165) is 23.4 Å². The third-order valence-corrected chi connectivity index (χ3v) is 6.33. The number of esters is 2. The summed E-state index contributed by atoms with van der Waals surface area (Å²) in [5.41, 5.74) is 3.35. The van der Waals surface area contributed by atoms with Crippen molar-refractivity contribution in [2.45, 2.75) is 20.8 Å². The van der Waals surface area contributed by atoms with Crippen LogP contribution >= 0.6 is 0 Å². The molecule has 3 rings (SSSR count). The summed E-state index contributed by atoms with van der Waals surface area (Å²) in [5.74, 6) is -0.266. The highest BCUT2D eigenvalue weighted by molar-refractivity contribution is 5.81. The maximum atomic E-state index is 11.5. The second kappa shape index (κ2) is 18.1. The quantitative estimate of drug-likeness (QED) is 0.0441. The summed E-state index contributed by atoms with van der Waals surface area (Å²) >= 11 is 0. The van der Waals surface area contributed by atoms with Crippen LogP contribution in [0.1, 0.15) is 19.4 Å². The predicted octanol–water partition coefficient (Wildman–Crippen LogP) is 7.80. The van der Waals surface area contributed by atoms with Crippen molar-refractivity contribution in [2.75, 3.05) is 44.4 Å². The van der Waals surface area contributed by atoms with Gasteiger partial charge in [0.05, 0.1) is 42.6 Å². The fourth-order valence-corrected chi connectivity index (χ4v) is 4.05. The van der Waals surface area contributed by atoms with Gasteiger partial charge < -0.3 is 23.8 Å². The maximum Gasteiger partial charge on any atom is 0.330 e. The zero-order chi connectivity index (χ0) is 34.2. The van der Waals surface area contributed by atoms with Gasteiger partial charge in [-0.05, 0) is 56.7 Å². The molecule has 0 bridgehead atoms. The Morgan fingerprint density at radius 1 is 0.787 bits per heavy atom. The highest BCUT2D eigenvalue weighted by atomic mass is 16.6. The van der Waals surface area contributed by atoms with Gasteiger partial charge in [0.2, 0.25) is 0 Å². The lowest BCUT2D eigenvalue weighted by Crippen LogP contribution is -2.32. The Bertz CT molecular complexity index is 1610. The molecule has 0 amide bonds. The van der Waals surface area contributed by atoms with Crippen molar-refractivity contribution in [1.29, 1.82) is 0 Å². The van der Waals surface area contributed by atoms with E-state index in [1.54, 1.807) is 18.2 Å². The molecule has 3 aromatic carbocycles. The molecule has 0 spiro atoms. The van der Waals surface area contributed by atoms with Gasteiger partial charge in [0.25, 0.3) is 5.69 Å². The number of hydrogen-bond acceptors (Lipinski definition) is 13. The summed E-state index contributed by atoms with van der Waals surface area (Å²) in [5, 5.41) is 28.3. The molecule has 246 valence electrons. The van der Waals surface area contributed by atoms with Crippen LogP contribution in [0.4, 0.5) is 34.1 Å². The largest absolute Gasteiger partial charge is 0.491 e. The number of nitrogens with zero attached hydrogens (tertiary/aromatic N) is 6. The van der Waals surface area contributed by atoms with E-state index in [-0.39, 0.29) is 18.9 Å². The highest BCUT2D eigenvalue weighted by Crippen LogP contribution is 2.41. The van der Waals surface area contributed by atoms with Crippen LogP contribution in [0, 0.1) is 17.0 Å². The first-order valence-corrected chi connectivity index (χ1v) is 14.6. The minimum atomic E-state index is -0.533. The van der Waals surface area contributed by atoms with E-state index in [1.807, 2.05) is 37.8 Å². The Morgan fingerprint density at radius 2 is 1.30 bits per heavy atom. The molecule has 0 heterocycles. The van der Waals surface area contributed by atoms with E-state index in [0.29, 0.717) is 60.6 Å². The predicted molar refractivity (Wildman–Crippen MR) is 176 cm³/mol. The number of anilines is 1. The Labute approximate surface area is 272 Å². The lowest BCUT2D eigenvalue weighted by Gasteiger charge is -2.25. The van der Waals surface area contributed by atoms with E-state index < -0.39 is 16.9 Å². The molecule has 0 N–H and O–H groups in total. The highest BCUT2D eigenvalue weighted by Gasteiger charge is 2.14. The summed E-state index contributed by atoms with van der Waals surface area (Å²) in [4.78, 5) is 35.4. The van der Waals surface area contributed by atoms with Crippen molar-refractivity contribution >= 4 is 46.1 Å². The molecule has 0 aromatic heterocycles. The van der Waals surface area contributed by atoms with Crippen LogP contribution in [0.2, 0.25) is 0 Å². The first-order chi connectivity index (χ1) is 22.7. The minimum absolute atomic E-state index is 0.0485. The summed E-state index contributed by atoms with van der Waals surface area (Å²) in [7, 11) is 0. The van der Waals surface area contributed by atoms with Gasteiger partial charge in [-0.15, -0.1) is 10.2 Å². The Morgan fingerprint density at radius 3 is 1.77 bits per heavy atom. The van der Waals surface area contributed by atoms with Crippen molar-refractivity contribution in [2.24, 2.45) is 20.5 Å². The average molecular weight is 645 g/mol. The second-order valence-corrected chi connectivity index (χ2v) is 9.53. The Balaban J connectivity index is 1.87. The smallest absolute Gasteiger partial charge is 0.330 e.